The first-order valence-corrected chi connectivity index (χ1v) is 4.28. The maximum Gasteiger partial charge on any atom is 0.154 e. The van der Waals surface area contributed by atoms with Crippen molar-refractivity contribution in [3.8, 4) is 0 Å². The van der Waals surface area contributed by atoms with Crippen LogP contribution in [0.2, 0.25) is 0 Å². The van der Waals surface area contributed by atoms with Crippen LogP contribution in [0.5, 0.6) is 0 Å². The summed E-state index contributed by atoms with van der Waals surface area (Å²) in [6, 6.07) is 0. The van der Waals surface area contributed by atoms with Gasteiger partial charge in [0.15, 0.2) is 5.78 Å². The minimum absolute atomic E-state index is 0.0602. The van der Waals surface area contributed by atoms with E-state index in [1.54, 1.807) is 0 Å². The van der Waals surface area contributed by atoms with Crippen molar-refractivity contribution in [2.24, 2.45) is 11.8 Å². The van der Waals surface area contributed by atoms with E-state index in [1.165, 1.54) is 11.1 Å². The van der Waals surface area contributed by atoms with E-state index in [1.807, 2.05) is 24.3 Å². The molecule has 0 fully saturated rings. The van der Waals surface area contributed by atoms with Gasteiger partial charge in [0.2, 0.25) is 0 Å². The topological polar surface area (TPSA) is 17.1 Å². The molecule has 0 saturated carbocycles. The fourth-order valence-corrected chi connectivity index (χ4v) is 1.94. The summed E-state index contributed by atoms with van der Waals surface area (Å²) in [6.45, 7) is 4.11. The lowest BCUT2D eigenvalue weighted by Gasteiger charge is -2.02. The smallest absolute Gasteiger partial charge is 0.154 e. The van der Waals surface area contributed by atoms with Gasteiger partial charge in [-0.2, -0.15) is 0 Å². The van der Waals surface area contributed by atoms with Crippen LogP contribution in [0, 0.1) is 11.8 Å². The molecule has 2 rings (SSSR count). The predicted octanol–water partition coefficient (Wildman–Crippen LogP) is 2.26. The standard InChI is InChI=1S/C11H12O/c1-7-8(2)10-6-4-3-5-9(7)11(10)12/h3-6,9-10H,1-2H3. The van der Waals surface area contributed by atoms with E-state index in [4.69, 9.17) is 0 Å². The average molecular weight is 160 g/mol. The molecule has 2 unspecified atom stereocenters. The van der Waals surface area contributed by atoms with Gasteiger partial charge < -0.3 is 0 Å². The van der Waals surface area contributed by atoms with E-state index in [9.17, 15) is 4.79 Å². The molecule has 0 aromatic rings. The summed E-state index contributed by atoms with van der Waals surface area (Å²) in [5, 5.41) is 0. The Hall–Kier alpha value is -1.11. The molecule has 2 aliphatic rings. The van der Waals surface area contributed by atoms with Gasteiger partial charge in [0.05, 0.1) is 11.8 Å². The second-order valence-electron chi connectivity index (χ2n) is 3.49. The van der Waals surface area contributed by atoms with Crippen LogP contribution in [-0.4, -0.2) is 5.78 Å². The highest BCUT2D eigenvalue weighted by atomic mass is 16.1. The van der Waals surface area contributed by atoms with E-state index in [2.05, 4.69) is 13.8 Å². The summed E-state index contributed by atoms with van der Waals surface area (Å²) in [5.74, 6) is 0.463. The molecule has 12 heavy (non-hydrogen) atoms. The third kappa shape index (κ3) is 0.826. The van der Waals surface area contributed by atoms with Gasteiger partial charge in [-0.05, 0) is 13.8 Å². The molecule has 1 heteroatoms. The van der Waals surface area contributed by atoms with Gasteiger partial charge in [-0.3, -0.25) is 4.79 Å². The number of Topliss-reactive ketones (excluding diaryl/α,β-unsaturated/α-hetero) is 1. The van der Waals surface area contributed by atoms with E-state index >= 15 is 0 Å². The minimum atomic E-state index is 0.0602. The number of hydrogen-bond donors (Lipinski definition) is 0. The van der Waals surface area contributed by atoms with Gasteiger partial charge >= 0.3 is 0 Å². The zero-order valence-electron chi connectivity index (χ0n) is 7.37. The Bertz CT molecular complexity index is 288. The molecule has 1 nitrogen and oxygen atoms in total. The number of carbonyl (C=O) groups is 1. The normalized spacial score (nSPS) is 33.0. The Balaban J connectivity index is 2.54. The quantitative estimate of drug-likeness (QED) is 0.497. The highest BCUT2D eigenvalue weighted by Crippen LogP contribution is 2.36. The molecule has 0 aromatic heterocycles. The third-order valence-electron chi connectivity index (χ3n) is 2.89. The number of allylic oxidation sites excluding steroid dienone is 6. The van der Waals surface area contributed by atoms with Crippen molar-refractivity contribution in [3.63, 3.8) is 0 Å². The van der Waals surface area contributed by atoms with Crippen LogP contribution in [0.25, 0.3) is 0 Å². The maximum absolute atomic E-state index is 11.7. The Morgan fingerprint density at radius 2 is 1.42 bits per heavy atom. The van der Waals surface area contributed by atoms with Gasteiger partial charge in [0, 0.05) is 0 Å². The molecule has 0 saturated heterocycles. The fraction of sp³-hybridized carbons (Fsp3) is 0.364. The zero-order valence-corrected chi connectivity index (χ0v) is 7.37. The van der Waals surface area contributed by atoms with Crippen molar-refractivity contribution in [1.82, 2.24) is 0 Å². The summed E-state index contributed by atoms with van der Waals surface area (Å²) in [5.41, 5.74) is 2.48. The Labute approximate surface area is 72.5 Å². The van der Waals surface area contributed by atoms with Gasteiger partial charge in [0.25, 0.3) is 0 Å². The van der Waals surface area contributed by atoms with Crippen LogP contribution in [0.15, 0.2) is 35.5 Å². The first kappa shape index (κ1) is 7.53. The van der Waals surface area contributed by atoms with Crippen LogP contribution in [0.4, 0.5) is 0 Å². The monoisotopic (exact) mass is 160 g/mol. The largest absolute Gasteiger partial charge is 0.298 e. The van der Waals surface area contributed by atoms with Crippen molar-refractivity contribution in [1.29, 1.82) is 0 Å². The second-order valence-corrected chi connectivity index (χ2v) is 3.49. The third-order valence-corrected chi connectivity index (χ3v) is 2.89. The maximum atomic E-state index is 11.7. The molecule has 0 aliphatic heterocycles. The Morgan fingerprint density at radius 1 is 1.00 bits per heavy atom. The number of fused-ring (bicyclic) bond motifs is 2. The van der Waals surface area contributed by atoms with Crippen LogP contribution < -0.4 is 0 Å². The lowest BCUT2D eigenvalue weighted by Crippen LogP contribution is -2.12. The molecular formula is C11H12O. The molecule has 2 aliphatic carbocycles. The van der Waals surface area contributed by atoms with E-state index in [-0.39, 0.29) is 11.8 Å². The van der Waals surface area contributed by atoms with Gasteiger partial charge in [-0.15, -0.1) is 0 Å². The summed E-state index contributed by atoms with van der Waals surface area (Å²) >= 11 is 0. The number of ketones is 1. The Morgan fingerprint density at radius 3 is 1.83 bits per heavy atom. The molecule has 0 aromatic carbocycles. The Kier molecular flexibility index (Phi) is 1.53. The second kappa shape index (κ2) is 2.44. The van der Waals surface area contributed by atoms with Crippen LogP contribution in [-0.2, 0) is 4.79 Å². The highest BCUT2D eigenvalue weighted by molar-refractivity contribution is 5.95. The summed E-state index contributed by atoms with van der Waals surface area (Å²) in [4.78, 5) is 11.7. The molecule has 2 bridgehead atoms. The average Bonchev–Trinajstić information content (AvgIpc) is 2.28. The number of carbonyl (C=O) groups excluding carboxylic acids is 1. The minimum Gasteiger partial charge on any atom is -0.298 e. The predicted molar refractivity (Wildman–Crippen MR) is 48.6 cm³/mol. The molecule has 0 heterocycles. The molecule has 0 spiro atoms. The van der Waals surface area contributed by atoms with Crippen LogP contribution in [0.3, 0.4) is 0 Å². The number of rotatable bonds is 0. The van der Waals surface area contributed by atoms with Gasteiger partial charge in [0.1, 0.15) is 0 Å². The summed E-state index contributed by atoms with van der Waals surface area (Å²) < 4.78 is 0. The molecule has 0 N–H and O–H groups in total. The van der Waals surface area contributed by atoms with Gasteiger partial charge in [-0.1, -0.05) is 35.5 Å². The first-order valence-electron chi connectivity index (χ1n) is 4.28. The first-order chi connectivity index (χ1) is 5.72. The SMILES string of the molecule is CC1=C(C)C2C=CC=CC1C2=O. The van der Waals surface area contributed by atoms with Crippen molar-refractivity contribution in [2.75, 3.05) is 0 Å². The molecular weight excluding hydrogens is 148 g/mol. The molecule has 62 valence electrons. The van der Waals surface area contributed by atoms with Crippen molar-refractivity contribution in [2.45, 2.75) is 13.8 Å². The van der Waals surface area contributed by atoms with Crippen LogP contribution >= 0.6 is 0 Å². The molecule has 0 radical (unpaired) electrons. The van der Waals surface area contributed by atoms with Crippen molar-refractivity contribution >= 4 is 5.78 Å². The lowest BCUT2D eigenvalue weighted by molar-refractivity contribution is -0.121. The molecule has 2 atom stereocenters. The highest BCUT2D eigenvalue weighted by Gasteiger charge is 2.34. The van der Waals surface area contributed by atoms with Crippen LogP contribution in [0.1, 0.15) is 13.8 Å². The number of hydrogen-bond acceptors (Lipinski definition) is 1. The fourth-order valence-electron chi connectivity index (χ4n) is 1.94. The lowest BCUT2D eigenvalue weighted by atomic mass is 9.99. The summed E-state index contributed by atoms with van der Waals surface area (Å²) in [7, 11) is 0. The van der Waals surface area contributed by atoms with Gasteiger partial charge in [-0.25, -0.2) is 0 Å². The van der Waals surface area contributed by atoms with E-state index < -0.39 is 0 Å². The zero-order chi connectivity index (χ0) is 8.72. The molecule has 0 amide bonds. The van der Waals surface area contributed by atoms with Crippen molar-refractivity contribution < 1.29 is 4.79 Å². The van der Waals surface area contributed by atoms with E-state index in [0.29, 0.717) is 5.78 Å². The summed E-state index contributed by atoms with van der Waals surface area (Å²) in [6.07, 6.45) is 7.92. The van der Waals surface area contributed by atoms with Crippen molar-refractivity contribution in [3.05, 3.63) is 35.5 Å². The van der Waals surface area contributed by atoms with E-state index in [0.717, 1.165) is 0 Å².